The first-order valence-electron chi connectivity index (χ1n) is 11.8. The van der Waals surface area contributed by atoms with E-state index in [4.69, 9.17) is 4.74 Å². The van der Waals surface area contributed by atoms with E-state index in [1.165, 1.54) is 21.1 Å². The van der Waals surface area contributed by atoms with E-state index >= 15 is 0 Å². The van der Waals surface area contributed by atoms with Gasteiger partial charge in [-0.2, -0.15) is 14.1 Å². The molecular weight excluding hydrogens is 456 g/mol. The summed E-state index contributed by atoms with van der Waals surface area (Å²) in [5, 5.41) is 8.56. The van der Waals surface area contributed by atoms with Gasteiger partial charge in [0.15, 0.2) is 6.04 Å². The van der Waals surface area contributed by atoms with Crippen molar-refractivity contribution in [3.05, 3.63) is 41.0 Å². The maximum atomic E-state index is 13.5. The highest BCUT2D eigenvalue weighted by atomic mass is 32.2. The molecule has 1 aromatic carbocycles. The number of piperazine rings is 1. The molecule has 0 saturated carbocycles. The van der Waals surface area contributed by atoms with E-state index in [9.17, 15) is 13.2 Å². The predicted octanol–water partition coefficient (Wildman–Crippen LogP) is 3.02. The van der Waals surface area contributed by atoms with E-state index < -0.39 is 16.1 Å². The van der Waals surface area contributed by atoms with Crippen molar-refractivity contribution in [2.75, 3.05) is 39.3 Å². The zero-order chi connectivity index (χ0) is 24.5. The molecule has 4 rings (SSSR count). The fourth-order valence-corrected chi connectivity index (χ4v) is 5.91. The van der Waals surface area contributed by atoms with Crippen LogP contribution in [0, 0.1) is 6.92 Å². The van der Waals surface area contributed by atoms with Crippen LogP contribution in [0.5, 0.6) is 5.75 Å². The van der Waals surface area contributed by atoms with E-state index in [-0.39, 0.29) is 10.7 Å². The molecule has 0 N–H and O–H groups in total. The lowest BCUT2D eigenvalue weighted by atomic mass is 9.99. The van der Waals surface area contributed by atoms with Crippen molar-refractivity contribution in [2.45, 2.75) is 51.5 Å². The molecule has 0 amide bonds. The monoisotopic (exact) mass is 488 g/mol. The Morgan fingerprint density at radius 3 is 2.50 bits per heavy atom. The van der Waals surface area contributed by atoms with Gasteiger partial charge in [0, 0.05) is 38.2 Å². The second kappa shape index (κ2) is 9.93. The van der Waals surface area contributed by atoms with Crippen LogP contribution >= 0.6 is 0 Å². The first kappa shape index (κ1) is 24.5. The third kappa shape index (κ3) is 4.39. The topological polar surface area (TPSA) is 109 Å². The van der Waals surface area contributed by atoms with Gasteiger partial charge in [-0.15, -0.1) is 0 Å². The largest absolute Gasteiger partial charge is 0.493 e. The van der Waals surface area contributed by atoms with Gasteiger partial charge < -0.3 is 9.64 Å². The second-order valence-electron chi connectivity index (χ2n) is 8.47. The van der Waals surface area contributed by atoms with Gasteiger partial charge in [0.2, 0.25) is 15.8 Å². The van der Waals surface area contributed by atoms with Crippen LogP contribution in [-0.4, -0.2) is 72.4 Å². The van der Waals surface area contributed by atoms with E-state index in [0.717, 1.165) is 13.0 Å². The number of ether oxygens (including phenoxy) is 1. The maximum Gasteiger partial charge on any atom is 0.243 e. The standard InChI is InChI=1S/C23H32N6O4S/c1-5-8-20-24-16(4)22-23(30)21(25-26-29(20)22)18-15-17(9-10-19(18)33-7-3)34(31,32)28-13-11-27(6-2)12-14-28/h9-10,15,21H,5-8,11-14H2,1-4H3. The summed E-state index contributed by atoms with van der Waals surface area (Å²) in [5.74, 6) is 0.849. The average Bonchev–Trinajstić information content (AvgIpc) is 3.16. The highest BCUT2D eigenvalue weighted by Gasteiger charge is 2.36. The Balaban J connectivity index is 1.71. The Labute approximate surface area is 200 Å². The molecule has 10 nitrogen and oxygen atoms in total. The number of Topliss-reactive ketones (excluding diaryl/α,β-unsaturated/α-hetero) is 1. The number of nitrogens with zero attached hydrogens (tertiary/aromatic N) is 6. The number of ketones is 1. The molecule has 0 aliphatic carbocycles. The summed E-state index contributed by atoms with van der Waals surface area (Å²) in [7, 11) is -3.73. The zero-order valence-corrected chi connectivity index (χ0v) is 21.0. The Hall–Kier alpha value is -2.63. The SMILES string of the molecule is CCCc1nc(C)c2n1N=NC(c1cc(S(=O)(=O)N3CCN(CC)CC3)ccc1OCC)C2=O. The van der Waals surface area contributed by atoms with Crippen LogP contribution in [0.15, 0.2) is 33.4 Å². The van der Waals surface area contributed by atoms with Crippen molar-refractivity contribution in [1.82, 2.24) is 18.9 Å². The lowest BCUT2D eigenvalue weighted by Gasteiger charge is -2.33. The van der Waals surface area contributed by atoms with Gasteiger partial charge in [-0.05, 0) is 45.0 Å². The van der Waals surface area contributed by atoms with Crippen LogP contribution in [0.1, 0.15) is 60.8 Å². The van der Waals surface area contributed by atoms with Crippen LogP contribution in [0.25, 0.3) is 0 Å². The molecule has 34 heavy (non-hydrogen) atoms. The first-order valence-corrected chi connectivity index (χ1v) is 13.3. The predicted molar refractivity (Wildman–Crippen MR) is 127 cm³/mol. The smallest absolute Gasteiger partial charge is 0.243 e. The van der Waals surface area contributed by atoms with Crippen molar-refractivity contribution in [3.63, 3.8) is 0 Å². The van der Waals surface area contributed by atoms with Crippen LogP contribution in [0.3, 0.4) is 0 Å². The molecular formula is C23H32N6O4S. The van der Waals surface area contributed by atoms with Crippen molar-refractivity contribution in [2.24, 2.45) is 10.3 Å². The molecule has 184 valence electrons. The van der Waals surface area contributed by atoms with E-state index in [1.54, 1.807) is 13.0 Å². The Morgan fingerprint density at radius 1 is 1.12 bits per heavy atom. The average molecular weight is 489 g/mol. The zero-order valence-electron chi connectivity index (χ0n) is 20.2. The van der Waals surface area contributed by atoms with Gasteiger partial charge in [0.05, 0.1) is 17.2 Å². The number of fused-ring (bicyclic) bond motifs is 1. The number of benzene rings is 1. The molecule has 1 unspecified atom stereocenters. The van der Waals surface area contributed by atoms with Crippen LogP contribution in [0.2, 0.25) is 0 Å². The molecule has 0 radical (unpaired) electrons. The summed E-state index contributed by atoms with van der Waals surface area (Å²) < 4.78 is 35.6. The minimum absolute atomic E-state index is 0.126. The minimum Gasteiger partial charge on any atom is -0.493 e. The van der Waals surface area contributed by atoms with Crippen LogP contribution in [0.4, 0.5) is 0 Å². The summed E-state index contributed by atoms with van der Waals surface area (Å²) in [5.41, 5.74) is 1.37. The number of aryl methyl sites for hydroxylation is 2. The van der Waals surface area contributed by atoms with Crippen molar-refractivity contribution in [3.8, 4) is 5.75 Å². The molecule has 1 aromatic heterocycles. The summed E-state index contributed by atoms with van der Waals surface area (Å²) in [4.78, 5) is 20.4. The lowest BCUT2D eigenvalue weighted by molar-refractivity contribution is 0.0935. The van der Waals surface area contributed by atoms with Gasteiger partial charge >= 0.3 is 0 Å². The summed E-state index contributed by atoms with van der Waals surface area (Å²) >= 11 is 0. The van der Waals surface area contributed by atoms with Crippen molar-refractivity contribution >= 4 is 15.8 Å². The number of carbonyl (C=O) groups excluding carboxylic acids is 1. The number of rotatable bonds is 8. The van der Waals surface area contributed by atoms with Gasteiger partial charge in [0.25, 0.3) is 0 Å². The van der Waals surface area contributed by atoms with Crippen LogP contribution in [-0.2, 0) is 16.4 Å². The number of hydrogen-bond donors (Lipinski definition) is 0. The fraction of sp³-hybridized carbons (Fsp3) is 0.565. The Bertz CT molecular complexity index is 1200. The molecule has 1 fully saturated rings. The van der Waals surface area contributed by atoms with E-state index in [2.05, 4.69) is 27.1 Å². The maximum absolute atomic E-state index is 13.5. The number of sulfonamides is 1. The third-order valence-electron chi connectivity index (χ3n) is 6.30. The highest BCUT2D eigenvalue weighted by Crippen LogP contribution is 2.36. The van der Waals surface area contributed by atoms with Gasteiger partial charge in [-0.1, -0.05) is 19.1 Å². The van der Waals surface area contributed by atoms with Crippen molar-refractivity contribution < 1.29 is 17.9 Å². The normalized spacial score (nSPS) is 19.4. The van der Waals surface area contributed by atoms with Crippen LogP contribution < -0.4 is 4.74 Å². The number of carbonyl (C=O) groups is 1. The van der Waals surface area contributed by atoms with E-state index in [0.29, 0.717) is 67.7 Å². The van der Waals surface area contributed by atoms with Crippen molar-refractivity contribution in [1.29, 1.82) is 0 Å². The Kier molecular flexibility index (Phi) is 7.15. The minimum atomic E-state index is -3.73. The molecule has 2 aromatic rings. The van der Waals surface area contributed by atoms with E-state index in [1.807, 2.05) is 13.8 Å². The molecule has 3 heterocycles. The first-order chi connectivity index (χ1) is 16.3. The molecule has 1 saturated heterocycles. The third-order valence-corrected chi connectivity index (χ3v) is 8.19. The number of imidazole rings is 1. The highest BCUT2D eigenvalue weighted by molar-refractivity contribution is 7.89. The van der Waals surface area contributed by atoms with Gasteiger partial charge in [0.1, 0.15) is 17.3 Å². The number of aromatic nitrogens is 2. The molecule has 0 spiro atoms. The van der Waals surface area contributed by atoms with Gasteiger partial charge in [-0.3, -0.25) is 4.79 Å². The summed E-state index contributed by atoms with van der Waals surface area (Å²) in [6, 6.07) is 3.67. The number of likely N-dealkylation sites (N-methyl/N-ethyl adjacent to an activating group) is 1. The summed E-state index contributed by atoms with van der Waals surface area (Å²) in [6.45, 7) is 11.2. The Morgan fingerprint density at radius 2 is 1.85 bits per heavy atom. The molecule has 11 heteroatoms. The molecule has 2 aliphatic heterocycles. The van der Waals surface area contributed by atoms with Gasteiger partial charge in [-0.25, -0.2) is 13.4 Å². The fourth-order valence-electron chi connectivity index (χ4n) is 4.45. The quantitative estimate of drug-likeness (QED) is 0.565. The lowest BCUT2D eigenvalue weighted by Crippen LogP contribution is -2.48. The second-order valence-corrected chi connectivity index (χ2v) is 10.4. The molecule has 0 bridgehead atoms. The summed E-state index contributed by atoms with van der Waals surface area (Å²) in [6.07, 6.45) is 1.55. The molecule has 1 atom stereocenters. The molecule has 2 aliphatic rings. The number of hydrogen-bond acceptors (Lipinski definition) is 8.